The number of H-pyrrole nitrogens is 1. The average molecular weight is 711 g/mol. The average Bonchev–Trinajstić information content (AvgIpc) is 3.63. The summed E-state index contributed by atoms with van der Waals surface area (Å²) >= 11 is 0. The zero-order chi connectivity index (χ0) is 35.5. The van der Waals surface area contributed by atoms with Crippen LogP contribution in [0.25, 0.3) is 11.0 Å². The molecule has 3 fully saturated rings. The Labute approximate surface area is 302 Å². The maximum absolute atomic E-state index is 14.1. The number of urea groups is 2. The number of imidazole rings is 1. The van der Waals surface area contributed by atoms with Crippen LogP contribution in [-0.2, 0) is 16.1 Å². The van der Waals surface area contributed by atoms with Crippen LogP contribution in [0, 0.1) is 0 Å². The molecule has 1 spiro atoms. The van der Waals surface area contributed by atoms with Gasteiger partial charge in [0.15, 0.2) is 0 Å². The maximum Gasteiger partial charge on any atom is 0.328 e. The molecule has 14 heteroatoms. The number of hydrogen-bond acceptors (Lipinski definition) is 6. The number of aliphatic carboxylic acids is 1. The monoisotopic (exact) mass is 710 g/mol. The Morgan fingerprint density at radius 3 is 2.12 bits per heavy atom. The Morgan fingerprint density at radius 2 is 1.44 bits per heavy atom. The summed E-state index contributed by atoms with van der Waals surface area (Å²) in [5, 5.41) is 15.1. The first-order chi connectivity index (χ1) is 24.7. The van der Waals surface area contributed by atoms with Crippen LogP contribution in [0.5, 0.6) is 0 Å². The van der Waals surface area contributed by atoms with Gasteiger partial charge in [-0.05, 0) is 55.5 Å². The number of hydrogen-bond donors (Lipinski definition) is 4. The molecule has 1 aromatic heterocycles. The van der Waals surface area contributed by atoms with Gasteiger partial charge in [-0.2, -0.15) is 0 Å². The molecule has 0 saturated carbocycles. The number of carbonyl (C=O) groups excluding carboxylic acids is 3. The number of aromatic nitrogens is 2. The molecule has 3 saturated heterocycles. The van der Waals surface area contributed by atoms with Crippen LogP contribution in [0.1, 0.15) is 44.7 Å². The number of rotatable bonds is 8. The minimum absolute atomic E-state index is 0. The fourth-order valence-electron chi connectivity index (χ4n) is 7.71. The summed E-state index contributed by atoms with van der Waals surface area (Å²) in [6.07, 6.45) is 1.90. The first kappa shape index (κ1) is 36.0. The van der Waals surface area contributed by atoms with E-state index in [0.717, 1.165) is 22.3 Å². The van der Waals surface area contributed by atoms with Crippen LogP contribution in [0.4, 0.5) is 15.3 Å². The summed E-state index contributed by atoms with van der Waals surface area (Å²) in [6.45, 7) is 1.92. The number of anilines is 1. The Balaban J connectivity index is 0.00000464. The van der Waals surface area contributed by atoms with Crippen molar-refractivity contribution in [3.8, 4) is 0 Å². The second-order valence-electron chi connectivity index (χ2n) is 13.5. The summed E-state index contributed by atoms with van der Waals surface area (Å²) in [5.74, 6) is -1.24. The van der Waals surface area contributed by atoms with E-state index in [0.29, 0.717) is 65.1 Å². The quantitative estimate of drug-likeness (QED) is 0.216. The van der Waals surface area contributed by atoms with Gasteiger partial charge in [-0.25, -0.2) is 19.2 Å². The molecule has 3 aromatic carbocycles. The van der Waals surface area contributed by atoms with Crippen molar-refractivity contribution in [1.29, 1.82) is 0 Å². The van der Waals surface area contributed by atoms with Crippen molar-refractivity contribution < 1.29 is 24.3 Å². The van der Waals surface area contributed by atoms with Gasteiger partial charge in [-0.3, -0.25) is 9.36 Å². The number of carbonyl (C=O) groups is 4. The van der Waals surface area contributed by atoms with E-state index in [-0.39, 0.29) is 31.6 Å². The predicted octanol–water partition coefficient (Wildman–Crippen LogP) is 3.82. The highest BCUT2D eigenvalue weighted by Crippen LogP contribution is 2.40. The highest BCUT2D eigenvalue weighted by atomic mass is 16.4. The van der Waals surface area contributed by atoms with Gasteiger partial charge < -0.3 is 40.3 Å². The number of piperidine rings is 2. The number of para-hydroxylation sites is 3. The number of aromatic amines is 1. The van der Waals surface area contributed by atoms with E-state index in [1.165, 1.54) is 4.90 Å². The molecule has 0 unspecified atom stereocenters. The third-order valence-electron chi connectivity index (χ3n) is 10.5. The van der Waals surface area contributed by atoms with Gasteiger partial charge in [0.1, 0.15) is 11.6 Å². The Hall–Kier alpha value is -5.79. The highest BCUT2D eigenvalue weighted by molar-refractivity contribution is 5.94. The summed E-state index contributed by atoms with van der Waals surface area (Å²) in [7, 11) is 0. The molecule has 5 amide bonds. The third-order valence-corrected chi connectivity index (χ3v) is 10.5. The summed E-state index contributed by atoms with van der Waals surface area (Å²) in [6, 6.07) is 24.7. The largest absolute Gasteiger partial charge is 0.480 e. The van der Waals surface area contributed by atoms with Crippen LogP contribution >= 0.6 is 0 Å². The standard InChI is InChI=1S/C37H42N8O6.CH4/c46-32(47)30(40-35(50)41-19-15-28(16-20-41)45-31-14-8-7-13-29(31)39-36(45)51)23-38-34(49)42-21-17-37(18-22-42)33(48)43(24-26-9-3-1-4-10-26)25-44(37)27-11-5-2-6-12-27;/h1-14,28,30H,15-25H2,(H,38,49)(H,39,51)(H,40,50)(H,46,47);1H4/t30-;/m0./s1. The van der Waals surface area contributed by atoms with Gasteiger partial charge in [0.25, 0.3) is 0 Å². The molecule has 4 aromatic rings. The Morgan fingerprint density at radius 1 is 0.827 bits per heavy atom. The maximum atomic E-state index is 14.1. The van der Waals surface area contributed by atoms with Crippen LogP contribution in [0.15, 0.2) is 89.7 Å². The molecule has 7 rings (SSSR count). The first-order valence-electron chi connectivity index (χ1n) is 17.4. The van der Waals surface area contributed by atoms with Crippen LogP contribution in [0.2, 0.25) is 0 Å². The SMILES string of the molecule is C.O=C(O)[C@H](CNC(=O)N1CCC2(CC1)C(=O)N(Cc1ccccc1)CN2c1ccccc1)NC(=O)N1CCC(n2c(=O)[nH]c3ccccc32)CC1. The lowest BCUT2D eigenvalue weighted by molar-refractivity contribution is -0.139. The van der Waals surface area contributed by atoms with E-state index >= 15 is 0 Å². The zero-order valence-electron chi connectivity index (χ0n) is 28.2. The van der Waals surface area contributed by atoms with Gasteiger partial charge in [-0.1, -0.05) is 68.1 Å². The van der Waals surface area contributed by atoms with Crippen molar-refractivity contribution >= 4 is 40.7 Å². The predicted molar refractivity (Wildman–Crippen MR) is 197 cm³/mol. The molecule has 3 aliphatic rings. The number of likely N-dealkylation sites (tertiary alicyclic amines) is 2. The van der Waals surface area contributed by atoms with Gasteiger partial charge >= 0.3 is 23.7 Å². The lowest BCUT2D eigenvalue weighted by Crippen LogP contribution is -2.59. The smallest absolute Gasteiger partial charge is 0.328 e. The highest BCUT2D eigenvalue weighted by Gasteiger charge is 2.54. The topological polar surface area (TPSA) is 163 Å². The van der Waals surface area contributed by atoms with Crippen LogP contribution < -0.4 is 21.2 Å². The van der Waals surface area contributed by atoms with Crippen molar-refractivity contribution in [2.45, 2.75) is 57.3 Å². The van der Waals surface area contributed by atoms with E-state index in [1.54, 1.807) is 9.47 Å². The fraction of sp³-hybridized carbons (Fsp3) is 0.395. The van der Waals surface area contributed by atoms with Gasteiger partial charge in [0.2, 0.25) is 5.91 Å². The Bertz CT molecular complexity index is 1950. The Kier molecular flexibility index (Phi) is 10.5. The van der Waals surface area contributed by atoms with E-state index in [9.17, 15) is 29.1 Å². The molecule has 52 heavy (non-hydrogen) atoms. The molecule has 4 N–H and O–H groups in total. The molecule has 1 atom stereocenters. The van der Waals surface area contributed by atoms with E-state index in [2.05, 4.69) is 20.5 Å². The summed E-state index contributed by atoms with van der Waals surface area (Å²) < 4.78 is 1.73. The molecular formula is C38H46N8O6. The normalized spacial score (nSPS) is 18.0. The van der Waals surface area contributed by atoms with Crippen molar-refractivity contribution in [3.05, 3.63) is 101 Å². The third kappa shape index (κ3) is 7.05. The minimum atomic E-state index is -1.34. The molecule has 3 aliphatic heterocycles. The molecular weight excluding hydrogens is 664 g/mol. The van der Waals surface area contributed by atoms with E-state index in [1.807, 2.05) is 89.8 Å². The number of carboxylic acid groups (broad SMARTS) is 1. The number of benzene rings is 3. The number of fused-ring (bicyclic) bond motifs is 1. The van der Waals surface area contributed by atoms with Gasteiger partial charge in [-0.15, -0.1) is 0 Å². The molecule has 0 bridgehead atoms. The zero-order valence-corrected chi connectivity index (χ0v) is 28.2. The van der Waals surface area contributed by atoms with E-state index in [4.69, 9.17) is 0 Å². The number of amides is 5. The molecule has 274 valence electrons. The van der Waals surface area contributed by atoms with Crippen molar-refractivity contribution in [2.24, 2.45) is 0 Å². The number of nitrogens with one attached hydrogen (secondary N) is 3. The summed E-state index contributed by atoms with van der Waals surface area (Å²) in [5.41, 5.74) is 2.54. The fourth-order valence-corrected chi connectivity index (χ4v) is 7.71. The lowest BCUT2D eigenvalue weighted by atomic mass is 9.85. The second kappa shape index (κ2) is 15.2. The van der Waals surface area contributed by atoms with E-state index < -0.39 is 29.6 Å². The van der Waals surface area contributed by atoms with Crippen molar-refractivity contribution in [3.63, 3.8) is 0 Å². The molecule has 0 aliphatic carbocycles. The lowest BCUT2D eigenvalue weighted by Gasteiger charge is -2.43. The molecule has 14 nitrogen and oxygen atoms in total. The van der Waals surface area contributed by atoms with Crippen LogP contribution in [-0.4, -0.2) is 104 Å². The molecule has 0 radical (unpaired) electrons. The minimum Gasteiger partial charge on any atom is -0.480 e. The summed E-state index contributed by atoms with van der Waals surface area (Å²) in [4.78, 5) is 75.2. The van der Waals surface area contributed by atoms with Crippen molar-refractivity contribution in [2.75, 3.05) is 44.3 Å². The molecule has 4 heterocycles. The van der Waals surface area contributed by atoms with Gasteiger partial charge in [0, 0.05) is 44.5 Å². The van der Waals surface area contributed by atoms with Crippen LogP contribution in [0.3, 0.4) is 0 Å². The second-order valence-corrected chi connectivity index (χ2v) is 13.5. The first-order valence-corrected chi connectivity index (χ1v) is 17.4. The van der Waals surface area contributed by atoms with Crippen molar-refractivity contribution in [1.82, 2.24) is 34.9 Å². The number of carboxylic acids is 1. The van der Waals surface area contributed by atoms with Gasteiger partial charge in [0.05, 0.1) is 24.2 Å². The number of nitrogens with zero attached hydrogens (tertiary/aromatic N) is 5.